The average Bonchev–Trinajstić information content (AvgIpc) is 2.21. The molecule has 0 unspecified atom stereocenters. The van der Waals surface area contributed by atoms with E-state index in [1.807, 2.05) is 13.8 Å². The van der Waals surface area contributed by atoms with Gasteiger partial charge in [0.2, 0.25) is 0 Å². The highest BCUT2D eigenvalue weighted by Gasteiger charge is 2.00. The van der Waals surface area contributed by atoms with Crippen LogP contribution < -0.4 is 0 Å². The van der Waals surface area contributed by atoms with Gasteiger partial charge in [0.1, 0.15) is 0 Å². The molecule has 0 nitrogen and oxygen atoms in total. The highest BCUT2D eigenvalue weighted by atomic mass is 14.1. The molecule has 0 aromatic heterocycles. The van der Waals surface area contributed by atoms with E-state index in [2.05, 4.69) is 36.4 Å². The molecule has 1 aromatic rings. The maximum Gasteiger partial charge on any atom is -0.0228 e. The zero-order valence-corrected chi connectivity index (χ0v) is 7.88. The Labute approximate surface area is 82.3 Å². The molecule has 0 amide bonds. The highest BCUT2D eigenvalue weighted by molar-refractivity contribution is 5.55. The van der Waals surface area contributed by atoms with Crippen molar-refractivity contribution < 1.29 is 0 Å². The quantitative estimate of drug-likeness (QED) is 0.552. The number of rotatable bonds is 0. The molecule has 0 saturated carbocycles. The normalized spacial score (nSPS) is 11.8. The van der Waals surface area contributed by atoms with Crippen LogP contribution in [0.2, 0.25) is 0 Å². The average molecular weight is 176 g/mol. The minimum absolute atomic E-state index is 0. The van der Waals surface area contributed by atoms with Crippen molar-refractivity contribution in [3.63, 3.8) is 0 Å². The lowest BCUT2D eigenvalue weighted by molar-refractivity contribution is 0.986. The molecule has 72 valence electrons. The molecule has 2 rings (SSSR count). The fourth-order valence-electron chi connectivity index (χ4n) is 1.37. The molecule has 1 aromatic carbocycles. The third-order valence-corrected chi connectivity index (χ3v) is 1.93. The summed E-state index contributed by atoms with van der Waals surface area (Å²) in [4.78, 5) is 0. The van der Waals surface area contributed by atoms with Gasteiger partial charge in [-0.25, -0.2) is 0 Å². The largest absolute Gasteiger partial charge is 0.0836 e. The Hall–Kier alpha value is -1.04. The monoisotopic (exact) mass is 176 g/mol. The molecule has 0 radical (unpaired) electrons. The van der Waals surface area contributed by atoms with Crippen LogP contribution in [0.1, 0.15) is 38.8 Å². The van der Waals surface area contributed by atoms with Gasteiger partial charge in [0.25, 0.3) is 0 Å². The van der Waals surface area contributed by atoms with Crippen LogP contribution in [0.3, 0.4) is 0 Å². The first-order valence-electron chi connectivity index (χ1n) is 4.71. The molecule has 1 aliphatic carbocycles. The Balaban J connectivity index is 0.000000451. The number of hydrogen-bond donors (Lipinski definition) is 0. The summed E-state index contributed by atoms with van der Waals surface area (Å²) in [6.45, 7) is 4.00. The fourth-order valence-corrected chi connectivity index (χ4v) is 1.37. The van der Waals surface area contributed by atoms with Crippen molar-refractivity contribution in [1.82, 2.24) is 0 Å². The SMILES string of the molecule is C.C1=Cc2ccccc2CC1.CC. The summed E-state index contributed by atoms with van der Waals surface area (Å²) < 4.78 is 0. The van der Waals surface area contributed by atoms with Gasteiger partial charge in [0.15, 0.2) is 0 Å². The Morgan fingerprint density at radius 1 is 1.08 bits per heavy atom. The van der Waals surface area contributed by atoms with E-state index < -0.39 is 0 Å². The number of hydrogen-bond acceptors (Lipinski definition) is 0. The van der Waals surface area contributed by atoms with E-state index in [4.69, 9.17) is 0 Å². The molecule has 0 heteroatoms. The van der Waals surface area contributed by atoms with Crippen molar-refractivity contribution in [2.24, 2.45) is 0 Å². The van der Waals surface area contributed by atoms with E-state index in [1.165, 1.54) is 24.0 Å². The summed E-state index contributed by atoms with van der Waals surface area (Å²) >= 11 is 0. The second kappa shape index (κ2) is 6.47. The van der Waals surface area contributed by atoms with E-state index in [0.29, 0.717) is 0 Å². The molecule has 0 fully saturated rings. The second-order valence-electron chi connectivity index (χ2n) is 2.64. The van der Waals surface area contributed by atoms with Crippen molar-refractivity contribution in [2.75, 3.05) is 0 Å². The summed E-state index contributed by atoms with van der Waals surface area (Å²) in [7, 11) is 0. The molecular weight excluding hydrogens is 156 g/mol. The zero-order valence-electron chi connectivity index (χ0n) is 7.88. The first kappa shape index (κ1) is 12.0. The maximum atomic E-state index is 2.24. The van der Waals surface area contributed by atoms with Gasteiger partial charge >= 0.3 is 0 Å². The Kier molecular flexibility index (Phi) is 5.96. The first-order valence-corrected chi connectivity index (χ1v) is 4.71. The molecule has 0 atom stereocenters. The Bertz CT molecular complexity index is 258. The Morgan fingerprint density at radius 3 is 2.46 bits per heavy atom. The molecule has 0 aliphatic heterocycles. The molecule has 0 N–H and O–H groups in total. The number of benzene rings is 1. The molecule has 0 saturated heterocycles. The molecule has 0 bridgehead atoms. The van der Waals surface area contributed by atoms with Crippen LogP contribution >= 0.6 is 0 Å². The zero-order chi connectivity index (χ0) is 8.81. The molecule has 13 heavy (non-hydrogen) atoms. The molecule has 0 heterocycles. The van der Waals surface area contributed by atoms with Gasteiger partial charge in [-0.05, 0) is 24.0 Å². The lowest BCUT2D eigenvalue weighted by Crippen LogP contribution is -1.91. The van der Waals surface area contributed by atoms with E-state index in [9.17, 15) is 0 Å². The summed E-state index contributed by atoms with van der Waals surface area (Å²) in [6, 6.07) is 8.58. The van der Waals surface area contributed by atoms with E-state index >= 15 is 0 Å². The second-order valence-corrected chi connectivity index (χ2v) is 2.64. The van der Waals surface area contributed by atoms with Crippen LogP contribution in [0.15, 0.2) is 30.3 Å². The van der Waals surface area contributed by atoms with Crippen LogP contribution in [0.4, 0.5) is 0 Å². The first-order chi connectivity index (χ1) is 5.97. The Morgan fingerprint density at radius 2 is 1.77 bits per heavy atom. The molecular formula is C13H20. The topological polar surface area (TPSA) is 0 Å². The van der Waals surface area contributed by atoms with Crippen molar-refractivity contribution in [1.29, 1.82) is 0 Å². The number of aryl methyl sites for hydroxylation is 1. The van der Waals surface area contributed by atoms with Crippen molar-refractivity contribution in [3.05, 3.63) is 41.5 Å². The number of allylic oxidation sites excluding steroid dienone is 1. The van der Waals surface area contributed by atoms with Gasteiger partial charge < -0.3 is 0 Å². The van der Waals surface area contributed by atoms with Crippen LogP contribution in [0.25, 0.3) is 6.08 Å². The van der Waals surface area contributed by atoms with Crippen LogP contribution in [0, 0.1) is 0 Å². The molecule has 0 spiro atoms. The predicted octanol–water partition coefficient (Wildman–Crippen LogP) is 4.31. The standard InChI is InChI=1S/C10H10.C2H6.CH4/c1-2-6-10-8-4-3-7-9(10)5-1;1-2;/h1-3,5-7H,4,8H2;1-2H3;1H4. The van der Waals surface area contributed by atoms with E-state index in [-0.39, 0.29) is 7.43 Å². The van der Waals surface area contributed by atoms with Crippen molar-refractivity contribution >= 4 is 6.08 Å². The van der Waals surface area contributed by atoms with Gasteiger partial charge in [-0.2, -0.15) is 0 Å². The lowest BCUT2D eigenvalue weighted by Gasteiger charge is -2.07. The van der Waals surface area contributed by atoms with Crippen molar-refractivity contribution in [3.8, 4) is 0 Å². The van der Waals surface area contributed by atoms with Gasteiger partial charge in [0.05, 0.1) is 0 Å². The van der Waals surface area contributed by atoms with Crippen LogP contribution in [0.5, 0.6) is 0 Å². The highest BCUT2D eigenvalue weighted by Crippen LogP contribution is 2.17. The maximum absolute atomic E-state index is 2.24. The summed E-state index contributed by atoms with van der Waals surface area (Å²) in [5, 5.41) is 0. The summed E-state index contributed by atoms with van der Waals surface area (Å²) in [6.07, 6.45) is 6.87. The van der Waals surface area contributed by atoms with Gasteiger partial charge in [0, 0.05) is 0 Å². The summed E-state index contributed by atoms with van der Waals surface area (Å²) in [5.41, 5.74) is 2.89. The minimum atomic E-state index is 0. The van der Waals surface area contributed by atoms with Gasteiger partial charge in [-0.1, -0.05) is 57.7 Å². The van der Waals surface area contributed by atoms with Crippen LogP contribution in [-0.4, -0.2) is 0 Å². The van der Waals surface area contributed by atoms with Gasteiger partial charge in [-0.3, -0.25) is 0 Å². The molecule has 1 aliphatic rings. The third kappa shape index (κ3) is 3.06. The predicted molar refractivity (Wildman–Crippen MR) is 61.9 cm³/mol. The van der Waals surface area contributed by atoms with Crippen LogP contribution in [-0.2, 0) is 6.42 Å². The minimum Gasteiger partial charge on any atom is -0.0836 e. The fraction of sp³-hybridized carbons (Fsp3) is 0.385. The van der Waals surface area contributed by atoms with E-state index in [0.717, 1.165) is 0 Å². The van der Waals surface area contributed by atoms with E-state index in [1.54, 1.807) is 0 Å². The third-order valence-electron chi connectivity index (χ3n) is 1.93. The van der Waals surface area contributed by atoms with Crippen molar-refractivity contribution in [2.45, 2.75) is 34.1 Å². The number of fused-ring (bicyclic) bond motifs is 1. The smallest absolute Gasteiger partial charge is 0.0228 e. The summed E-state index contributed by atoms with van der Waals surface area (Å²) in [5.74, 6) is 0. The lowest BCUT2D eigenvalue weighted by atomic mass is 9.98. The van der Waals surface area contributed by atoms with Gasteiger partial charge in [-0.15, -0.1) is 0 Å².